The predicted octanol–water partition coefficient (Wildman–Crippen LogP) is 3.15. The highest BCUT2D eigenvalue weighted by Crippen LogP contribution is 2.21. The number of hydrogen-bond acceptors (Lipinski definition) is 4. The van der Waals surface area contributed by atoms with Gasteiger partial charge in [0.1, 0.15) is 0 Å². The molecular formula is C15H20N2O2. The first-order chi connectivity index (χ1) is 8.94. The van der Waals surface area contributed by atoms with Gasteiger partial charge in [-0.15, -0.1) is 0 Å². The summed E-state index contributed by atoms with van der Waals surface area (Å²) in [5.41, 5.74) is 6.31. The Labute approximate surface area is 114 Å². The fraction of sp³-hybridized carbons (Fsp3) is 0.467. The number of carbonyl (C=O) groups is 1. The van der Waals surface area contributed by atoms with Crippen LogP contribution >= 0.6 is 0 Å². The molecule has 102 valence electrons. The molecule has 0 saturated carbocycles. The Morgan fingerprint density at radius 3 is 2.79 bits per heavy atom. The summed E-state index contributed by atoms with van der Waals surface area (Å²) in [6.45, 7) is 4.19. The van der Waals surface area contributed by atoms with Gasteiger partial charge >= 0.3 is 5.97 Å². The lowest BCUT2D eigenvalue weighted by Gasteiger charge is -2.14. The largest absolute Gasteiger partial charge is 0.462 e. The number of nitrogen functional groups attached to an aromatic ring is 1. The summed E-state index contributed by atoms with van der Waals surface area (Å²) in [6.07, 6.45) is 2.43. The van der Waals surface area contributed by atoms with Gasteiger partial charge in [-0.25, -0.2) is 4.79 Å². The normalized spacial score (nSPS) is 10.8. The number of esters is 1. The number of nitrogens with two attached hydrogens (primary N) is 1. The summed E-state index contributed by atoms with van der Waals surface area (Å²) in [4.78, 5) is 11.7. The average Bonchev–Trinajstić information content (AvgIpc) is 2.38. The Bertz CT molecular complexity index is 475. The van der Waals surface area contributed by atoms with E-state index in [2.05, 4.69) is 6.07 Å². The van der Waals surface area contributed by atoms with Crippen LogP contribution in [-0.2, 0) is 4.74 Å². The Morgan fingerprint density at radius 2 is 2.16 bits per heavy atom. The third-order valence-electron chi connectivity index (χ3n) is 2.85. The zero-order valence-electron chi connectivity index (χ0n) is 11.5. The van der Waals surface area contributed by atoms with Crippen molar-refractivity contribution in [2.75, 3.05) is 12.3 Å². The van der Waals surface area contributed by atoms with Crippen LogP contribution in [0.4, 0.5) is 5.69 Å². The van der Waals surface area contributed by atoms with E-state index in [1.807, 2.05) is 13.8 Å². The van der Waals surface area contributed by atoms with Crippen molar-refractivity contribution in [2.24, 2.45) is 5.41 Å². The van der Waals surface area contributed by atoms with Crippen molar-refractivity contribution in [3.63, 3.8) is 0 Å². The van der Waals surface area contributed by atoms with E-state index in [0.29, 0.717) is 17.9 Å². The van der Waals surface area contributed by atoms with Crippen LogP contribution in [0.2, 0.25) is 0 Å². The summed E-state index contributed by atoms with van der Waals surface area (Å²) in [7, 11) is 0. The second-order valence-electron chi connectivity index (χ2n) is 5.21. The highest BCUT2D eigenvalue weighted by Gasteiger charge is 2.15. The van der Waals surface area contributed by atoms with Gasteiger partial charge in [0.2, 0.25) is 0 Å². The number of benzene rings is 1. The minimum absolute atomic E-state index is 0.308. The van der Waals surface area contributed by atoms with Gasteiger partial charge in [0.25, 0.3) is 0 Å². The molecule has 0 aliphatic rings. The molecule has 0 aromatic heterocycles. The molecular weight excluding hydrogens is 240 g/mol. The van der Waals surface area contributed by atoms with Crippen LogP contribution < -0.4 is 5.73 Å². The maximum Gasteiger partial charge on any atom is 0.338 e. The van der Waals surface area contributed by atoms with Gasteiger partial charge in [-0.3, -0.25) is 0 Å². The smallest absolute Gasteiger partial charge is 0.338 e. The zero-order chi connectivity index (χ0) is 14.3. The molecule has 0 bridgehead atoms. The lowest BCUT2D eigenvalue weighted by molar-refractivity contribution is 0.0496. The fourth-order valence-corrected chi connectivity index (χ4v) is 1.64. The quantitative estimate of drug-likeness (QED) is 0.484. The number of carbonyl (C=O) groups excluding carboxylic acids is 1. The van der Waals surface area contributed by atoms with E-state index >= 15 is 0 Å². The molecule has 4 heteroatoms. The minimum Gasteiger partial charge on any atom is -0.462 e. The van der Waals surface area contributed by atoms with Crippen molar-refractivity contribution in [1.82, 2.24) is 0 Å². The number of rotatable bonds is 6. The summed E-state index contributed by atoms with van der Waals surface area (Å²) < 4.78 is 5.15. The highest BCUT2D eigenvalue weighted by atomic mass is 16.5. The van der Waals surface area contributed by atoms with Crippen molar-refractivity contribution in [3.05, 3.63) is 29.8 Å². The van der Waals surface area contributed by atoms with E-state index in [1.54, 1.807) is 24.3 Å². The number of ether oxygens (including phenoxy) is 1. The van der Waals surface area contributed by atoms with E-state index in [4.69, 9.17) is 15.7 Å². The standard InChI is InChI=1S/C15H20N2O2/c1-15(2,11-16)8-3-4-9-19-14(18)12-6-5-7-13(17)10-12/h5-7,10H,3-4,8-9,17H2,1-2H3. The molecule has 0 fully saturated rings. The molecule has 0 radical (unpaired) electrons. The number of nitrogens with zero attached hydrogens (tertiary/aromatic N) is 1. The maximum absolute atomic E-state index is 11.7. The average molecular weight is 260 g/mol. The molecule has 0 saturated heterocycles. The Morgan fingerprint density at radius 1 is 1.42 bits per heavy atom. The molecule has 0 spiro atoms. The molecule has 19 heavy (non-hydrogen) atoms. The monoisotopic (exact) mass is 260 g/mol. The molecule has 0 amide bonds. The van der Waals surface area contributed by atoms with Crippen LogP contribution in [0, 0.1) is 16.7 Å². The molecule has 0 unspecified atom stereocenters. The van der Waals surface area contributed by atoms with Gasteiger partial charge in [0.05, 0.1) is 23.7 Å². The first-order valence-electron chi connectivity index (χ1n) is 6.38. The summed E-state index contributed by atoms with van der Waals surface area (Å²) >= 11 is 0. The first-order valence-corrected chi connectivity index (χ1v) is 6.38. The third-order valence-corrected chi connectivity index (χ3v) is 2.85. The number of anilines is 1. The molecule has 4 nitrogen and oxygen atoms in total. The van der Waals surface area contributed by atoms with E-state index in [1.165, 1.54) is 0 Å². The first kappa shape index (κ1) is 15.0. The van der Waals surface area contributed by atoms with Crippen LogP contribution in [-0.4, -0.2) is 12.6 Å². The van der Waals surface area contributed by atoms with Gasteiger partial charge in [0.15, 0.2) is 0 Å². The van der Waals surface area contributed by atoms with Gasteiger partial charge in [-0.1, -0.05) is 6.07 Å². The Hall–Kier alpha value is -2.02. The van der Waals surface area contributed by atoms with E-state index in [-0.39, 0.29) is 11.4 Å². The second-order valence-corrected chi connectivity index (χ2v) is 5.21. The molecule has 2 N–H and O–H groups in total. The van der Waals surface area contributed by atoms with Crippen molar-refractivity contribution >= 4 is 11.7 Å². The van der Waals surface area contributed by atoms with Crippen LogP contribution in [0.3, 0.4) is 0 Å². The number of hydrogen-bond donors (Lipinski definition) is 1. The van der Waals surface area contributed by atoms with E-state index in [9.17, 15) is 4.79 Å². The van der Waals surface area contributed by atoms with Crippen LogP contribution in [0.5, 0.6) is 0 Å². The van der Waals surface area contributed by atoms with Crippen molar-refractivity contribution in [1.29, 1.82) is 5.26 Å². The van der Waals surface area contributed by atoms with Gasteiger partial charge in [-0.05, 0) is 51.3 Å². The van der Waals surface area contributed by atoms with Gasteiger partial charge in [-0.2, -0.15) is 5.26 Å². The summed E-state index contributed by atoms with van der Waals surface area (Å²) in [5.74, 6) is -0.355. The summed E-state index contributed by atoms with van der Waals surface area (Å²) in [5, 5.41) is 8.87. The molecule has 0 atom stereocenters. The number of unbranched alkanes of at least 4 members (excludes halogenated alkanes) is 1. The minimum atomic E-state index is -0.355. The maximum atomic E-state index is 11.7. The predicted molar refractivity (Wildman–Crippen MR) is 74.4 cm³/mol. The van der Waals surface area contributed by atoms with Crippen molar-refractivity contribution in [3.8, 4) is 6.07 Å². The van der Waals surface area contributed by atoms with Crippen LogP contribution in [0.15, 0.2) is 24.3 Å². The SMILES string of the molecule is CC(C)(C#N)CCCCOC(=O)c1cccc(N)c1. The van der Waals surface area contributed by atoms with Crippen molar-refractivity contribution in [2.45, 2.75) is 33.1 Å². The highest BCUT2D eigenvalue weighted by molar-refractivity contribution is 5.90. The van der Waals surface area contributed by atoms with Crippen molar-refractivity contribution < 1.29 is 9.53 Å². The third kappa shape index (κ3) is 5.43. The van der Waals surface area contributed by atoms with Gasteiger partial charge < -0.3 is 10.5 Å². The molecule has 1 rings (SSSR count). The molecule has 0 heterocycles. The Kier molecular flexibility index (Phi) is 5.37. The fourth-order valence-electron chi connectivity index (χ4n) is 1.64. The molecule has 0 aliphatic carbocycles. The van der Waals surface area contributed by atoms with E-state index < -0.39 is 0 Å². The van der Waals surface area contributed by atoms with Gasteiger partial charge in [0, 0.05) is 5.69 Å². The molecule has 1 aromatic rings. The molecule has 1 aromatic carbocycles. The zero-order valence-corrected chi connectivity index (χ0v) is 11.5. The Balaban J connectivity index is 2.27. The summed E-state index contributed by atoms with van der Waals surface area (Å²) in [6, 6.07) is 8.97. The lowest BCUT2D eigenvalue weighted by Crippen LogP contribution is -2.10. The lowest BCUT2D eigenvalue weighted by atomic mass is 9.89. The second kappa shape index (κ2) is 6.79. The number of nitriles is 1. The van der Waals surface area contributed by atoms with E-state index in [0.717, 1.165) is 19.3 Å². The van der Waals surface area contributed by atoms with Crippen LogP contribution in [0.25, 0.3) is 0 Å². The topological polar surface area (TPSA) is 76.1 Å². The molecule has 0 aliphatic heterocycles. The van der Waals surface area contributed by atoms with Crippen LogP contribution in [0.1, 0.15) is 43.5 Å².